The molecule has 4 aromatic rings. The number of hydrogen-bond donors (Lipinski definition) is 0. The number of rotatable bonds is 12. The van der Waals surface area contributed by atoms with E-state index in [0.29, 0.717) is 47.4 Å². The van der Waals surface area contributed by atoms with Crippen LogP contribution in [0.25, 0.3) is 22.0 Å². The summed E-state index contributed by atoms with van der Waals surface area (Å²) in [5.74, 6) is 1.48. The van der Waals surface area contributed by atoms with Crippen LogP contribution >= 0.6 is 0 Å². The number of hydrogen-bond acceptors (Lipinski definition) is 8. The van der Waals surface area contributed by atoms with E-state index in [1.807, 2.05) is 83.1 Å². The average Bonchev–Trinajstić information content (AvgIpc) is 3.94. The monoisotopic (exact) mass is 912 g/mol. The van der Waals surface area contributed by atoms with Gasteiger partial charge >= 0.3 is 24.0 Å². The van der Waals surface area contributed by atoms with E-state index in [-0.39, 0.29) is 60.3 Å². The first-order valence-corrected chi connectivity index (χ1v) is 25.5. The van der Waals surface area contributed by atoms with Crippen LogP contribution in [0.1, 0.15) is 149 Å². The maximum atomic E-state index is 14.7. The Labute approximate surface area is 398 Å². The van der Waals surface area contributed by atoms with Crippen LogP contribution in [0, 0.1) is 52.3 Å². The Morgan fingerprint density at radius 1 is 0.746 bits per heavy atom. The van der Waals surface area contributed by atoms with Crippen molar-refractivity contribution in [3.8, 4) is 11.1 Å². The molecule has 4 saturated carbocycles. The van der Waals surface area contributed by atoms with Crippen LogP contribution in [-0.2, 0) is 39.8 Å². The third kappa shape index (κ3) is 9.22. The summed E-state index contributed by atoms with van der Waals surface area (Å²) in [5, 5.41) is 0.823. The Hall–Kier alpha value is -4.92. The molecular weight excluding hydrogens is 839 g/mol. The number of carbonyl (C=O) groups excluding carboxylic acids is 4. The van der Waals surface area contributed by atoms with Crippen LogP contribution in [0.5, 0.6) is 0 Å². The first-order chi connectivity index (χ1) is 31.9. The number of esters is 3. The topological polar surface area (TPSA) is 110 Å². The average molecular weight is 912 g/mol. The molecule has 0 N–H and O–H groups in total. The zero-order valence-electron chi connectivity index (χ0n) is 41.2. The number of benzene rings is 3. The minimum absolute atomic E-state index is 0.0666. The van der Waals surface area contributed by atoms with Crippen molar-refractivity contribution in [2.45, 2.75) is 156 Å². The number of fused-ring (bicyclic) bond motifs is 9. The SMILES string of the molecule is CC(C)OC(=O)C[C@@H](C)C1CCC2C3CCC4C[C@H](OC(=O)[C@@H](CC(=O)OCC5c6ccccc6-c6ccccc65)Cc5cn(C(=O)OC(C)(C)C)c6ccccc56)CC[C@]4(C)C3CC[C@@]21C. The van der Waals surface area contributed by atoms with Crippen LogP contribution in [0.4, 0.5) is 4.79 Å². The second-order valence-corrected chi connectivity index (χ2v) is 23.0. The van der Waals surface area contributed by atoms with E-state index >= 15 is 0 Å². The van der Waals surface area contributed by atoms with E-state index in [9.17, 15) is 19.2 Å². The van der Waals surface area contributed by atoms with Gasteiger partial charge in [-0.1, -0.05) is 87.5 Å². The fourth-order valence-corrected chi connectivity index (χ4v) is 14.5. The lowest BCUT2D eigenvalue weighted by Crippen LogP contribution is -2.54. The van der Waals surface area contributed by atoms with Crippen LogP contribution in [-0.4, -0.2) is 53.0 Å². The van der Waals surface area contributed by atoms with Gasteiger partial charge in [-0.3, -0.25) is 19.0 Å². The molecule has 4 fully saturated rings. The Kier molecular flexibility index (Phi) is 13.0. The van der Waals surface area contributed by atoms with Crippen molar-refractivity contribution >= 4 is 34.9 Å². The van der Waals surface area contributed by atoms with Crippen molar-refractivity contribution in [2.75, 3.05) is 6.61 Å². The largest absolute Gasteiger partial charge is 0.465 e. The van der Waals surface area contributed by atoms with Crippen LogP contribution in [0.3, 0.4) is 0 Å². The maximum Gasteiger partial charge on any atom is 0.419 e. The van der Waals surface area contributed by atoms with E-state index < -0.39 is 23.6 Å². The molecule has 0 bridgehead atoms. The smallest absolute Gasteiger partial charge is 0.419 e. The van der Waals surface area contributed by atoms with Crippen molar-refractivity contribution in [1.82, 2.24) is 4.57 Å². The van der Waals surface area contributed by atoms with Gasteiger partial charge in [-0.15, -0.1) is 0 Å². The van der Waals surface area contributed by atoms with Gasteiger partial charge in [0.15, 0.2) is 0 Å². The zero-order chi connectivity index (χ0) is 47.4. The molecule has 0 aliphatic heterocycles. The second kappa shape index (κ2) is 18.5. The van der Waals surface area contributed by atoms with E-state index in [4.69, 9.17) is 18.9 Å². The summed E-state index contributed by atoms with van der Waals surface area (Å²) < 4.78 is 25.5. The molecule has 3 aromatic carbocycles. The molecule has 10 atom stereocenters. The molecule has 67 heavy (non-hydrogen) atoms. The van der Waals surface area contributed by atoms with Crippen LogP contribution in [0.2, 0.25) is 0 Å². The fourth-order valence-electron chi connectivity index (χ4n) is 14.5. The highest BCUT2D eigenvalue weighted by Gasteiger charge is 2.61. The summed E-state index contributed by atoms with van der Waals surface area (Å²) in [6, 6.07) is 24.2. The maximum absolute atomic E-state index is 14.7. The summed E-state index contributed by atoms with van der Waals surface area (Å²) >= 11 is 0. The van der Waals surface area contributed by atoms with Gasteiger partial charge in [0.25, 0.3) is 0 Å². The summed E-state index contributed by atoms with van der Waals surface area (Å²) in [7, 11) is 0. The molecule has 5 aliphatic rings. The molecule has 9 rings (SSSR count). The number of nitrogens with zero attached hydrogens (tertiary/aromatic N) is 1. The van der Waals surface area contributed by atoms with Gasteiger partial charge in [-0.2, -0.15) is 0 Å². The normalized spacial score (nSPS) is 28.6. The first kappa shape index (κ1) is 47.2. The zero-order valence-corrected chi connectivity index (χ0v) is 41.2. The van der Waals surface area contributed by atoms with Crippen molar-refractivity contribution in [3.63, 3.8) is 0 Å². The molecule has 358 valence electrons. The molecule has 5 unspecified atom stereocenters. The highest BCUT2D eigenvalue weighted by atomic mass is 16.6. The minimum atomic E-state index is -0.821. The predicted octanol–water partition coefficient (Wildman–Crippen LogP) is 12.9. The number of aromatic nitrogens is 1. The Bertz CT molecular complexity index is 2450. The lowest BCUT2D eigenvalue weighted by molar-refractivity contribution is -0.169. The molecule has 9 heteroatoms. The molecule has 9 nitrogen and oxygen atoms in total. The van der Waals surface area contributed by atoms with Gasteiger partial charge in [0.1, 0.15) is 18.3 Å². The van der Waals surface area contributed by atoms with Crippen LogP contribution < -0.4 is 0 Å². The fraction of sp³-hybridized carbons (Fsp3) is 0.586. The highest BCUT2D eigenvalue weighted by Crippen LogP contribution is 2.68. The summed E-state index contributed by atoms with van der Waals surface area (Å²) in [6.45, 7) is 16.9. The van der Waals surface area contributed by atoms with Crippen molar-refractivity contribution in [1.29, 1.82) is 0 Å². The van der Waals surface area contributed by atoms with Gasteiger partial charge < -0.3 is 18.9 Å². The summed E-state index contributed by atoms with van der Waals surface area (Å²) in [4.78, 5) is 54.9. The number of para-hydroxylation sites is 1. The van der Waals surface area contributed by atoms with Crippen molar-refractivity contribution in [2.24, 2.45) is 52.3 Å². The lowest BCUT2D eigenvalue weighted by Gasteiger charge is -2.61. The third-order valence-electron chi connectivity index (χ3n) is 17.5. The highest BCUT2D eigenvalue weighted by molar-refractivity contribution is 5.92. The Morgan fingerprint density at radius 3 is 2.10 bits per heavy atom. The van der Waals surface area contributed by atoms with E-state index in [1.165, 1.54) is 36.7 Å². The van der Waals surface area contributed by atoms with E-state index in [0.717, 1.165) is 58.9 Å². The van der Waals surface area contributed by atoms with Gasteiger partial charge in [-0.25, -0.2) is 4.79 Å². The van der Waals surface area contributed by atoms with Crippen molar-refractivity contribution in [3.05, 3.63) is 95.7 Å². The van der Waals surface area contributed by atoms with E-state index in [2.05, 4.69) is 45.0 Å². The first-order valence-electron chi connectivity index (χ1n) is 25.5. The minimum Gasteiger partial charge on any atom is -0.465 e. The van der Waals surface area contributed by atoms with Gasteiger partial charge in [0.2, 0.25) is 0 Å². The number of ether oxygens (including phenoxy) is 4. The van der Waals surface area contributed by atoms with E-state index in [1.54, 1.807) is 6.20 Å². The molecule has 0 radical (unpaired) electrons. The second-order valence-electron chi connectivity index (χ2n) is 23.0. The molecule has 0 saturated heterocycles. The molecule has 1 aromatic heterocycles. The molecular formula is C58H73NO8. The predicted molar refractivity (Wildman–Crippen MR) is 260 cm³/mol. The molecule has 0 spiro atoms. The number of carbonyl (C=O) groups is 4. The van der Waals surface area contributed by atoms with Gasteiger partial charge in [-0.05, 0) is 179 Å². The Balaban J connectivity index is 0.901. The van der Waals surface area contributed by atoms with Crippen LogP contribution in [0.15, 0.2) is 79.0 Å². The quantitative estimate of drug-likeness (QED) is 0.102. The summed E-state index contributed by atoms with van der Waals surface area (Å²) in [6.07, 6.45) is 11.3. The van der Waals surface area contributed by atoms with Gasteiger partial charge in [0, 0.05) is 23.9 Å². The summed E-state index contributed by atoms with van der Waals surface area (Å²) in [5.41, 5.74) is 5.75. The molecule has 5 aliphatic carbocycles. The van der Waals surface area contributed by atoms with Gasteiger partial charge in [0.05, 0.1) is 24.0 Å². The Morgan fingerprint density at radius 2 is 1.40 bits per heavy atom. The third-order valence-corrected chi connectivity index (χ3v) is 17.5. The molecule has 1 heterocycles. The molecule has 0 amide bonds. The lowest BCUT2D eigenvalue weighted by atomic mass is 9.44. The standard InChI is InChI=1S/C58H73NO8/c1-35(2)65-53(61)29-36(3)48-23-24-49-46-22-21-39-32-40(25-27-57(39,7)50(46)26-28-58(48,49)8)66-54(62)37(30-38-33-59(55(63)67-56(4,5)6)51-20-14-13-15-41(38)51)31-52(60)64-34-47-44-18-11-9-16-42(44)43-17-10-12-19-45(43)47/h9-20,33,35-37,39-40,46-50H,21-32,34H2,1-8H3/t36-,37-,39?,40-,46?,48?,49?,50?,57+,58-/m1/s1. The van der Waals surface area contributed by atoms with Crippen molar-refractivity contribution < 1.29 is 38.1 Å².